The van der Waals surface area contributed by atoms with Gasteiger partial charge in [0.05, 0.1) is 12.6 Å². The number of aryl methyl sites for hydroxylation is 1. The number of unbranched alkanes of at least 4 members (excludes halogenated alkanes) is 1. The second-order valence-electron chi connectivity index (χ2n) is 9.59. The van der Waals surface area contributed by atoms with Crippen molar-refractivity contribution in [3.05, 3.63) is 95.1 Å². The lowest BCUT2D eigenvalue weighted by Crippen LogP contribution is -2.40. The van der Waals surface area contributed by atoms with Crippen LogP contribution < -0.4 is 5.32 Å². The average Bonchev–Trinajstić information content (AvgIpc) is 2.93. The number of carbonyl (C=O) groups is 2. The third kappa shape index (κ3) is 8.83. The molecule has 0 aliphatic carbocycles. The molecule has 0 aromatic heterocycles. The van der Waals surface area contributed by atoms with E-state index in [1.807, 2.05) is 59.8 Å². The Labute approximate surface area is 231 Å². The number of nitrogens with zero attached hydrogens (tertiary/aromatic N) is 1. The minimum absolute atomic E-state index is 0.0245. The molecule has 3 rings (SSSR count). The van der Waals surface area contributed by atoms with Crippen molar-refractivity contribution >= 4 is 23.5 Å². The zero-order valence-electron chi connectivity index (χ0n) is 23.0. The van der Waals surface area contributed by atoms with Gasteiger partial charge in [0.25, 0.3) is 5.91 Å². The Balaban J connectivity index is 1.89. The zero-order valence-corrected chi connectivity index (χ0v) is 23.9. The maximum atomic E-state index is 13.5. The highest BCUT2D eigenvalue weighted by molar-refractivity contribution is 7.98. The molecule has 3 aromatic rings. The normalized spacial score (nSPS) is 11.9. The number of benzene rings is 3. The first-order valence-electron chi connectivity index (χ1n) is 13.3. The summed E-state index contributed by atoms with van der Waals surface area (Å²) in [6.45, 7) is 7.71. The smallest absolute Gasteiger partial charge is 0.252 e. The third-order valence-corrected chi connectivity index (χ3v) is 7.19. The van der Waals surface area contributed by atoms with E-state index in [1.165, 1.54) is 6.92 Å². The van der Waals surface area contributed by atoms with Crippen molar-refractivity contribution < 1.29 is 14.4 Å². The van der Waals surface area contributed by atoms with Crippen LogP contribution in [0.15, 0.2) is 72.8 Å². The molecule has 1 atom stereocenters. The van der Waals surface area contributed by atoms with Gasteiger partial charge in [0.1, 0.15) is 0 Å². The molecule has 5 nitrogen and oxygen atoms in total. The van der Waals surface area contributed by atoms with Gasteiger partial charge in [-0.05, 0) is 78.6 Å². The van der Waals surface area contributed by atoms with E-state index in [-0.39, 0.29) is 11.7 Å². The van der Waals surface area contributed by atoms with Crippen molar-refractivity contribution in [2.24, 2.45) is 0 Å². The molecular formula is C32H40N2O3S. The van der Waals surface area contributed by atoms with E-state index in [2.05, 4.69) is 43.4 Å². The van der Waals surface area contributed by atoms with Crippen LogP contribution in [0.5, 0.6) is 0 Å². The van der Waals surface area contributed by atoms with Crippen LogP contribution in [0.1, 0.15) is 60.2 Å². The van der Waals surface area contributed by atoms with Crippen LogP contribution >= 0.6 is 11.8 Å². The van der Waals surface area contributed by atoms with E-state index in [0.29, 0.717) is 25.1 Å². The largest absolute Gasteiger partial charge is 0.342 e. The highest BCUT2D eigenvalue weighted by Gasteiger charge is 2.21. The summed E-state index contributed by atoms with van der Waals surface area (Å²) >= 11 is 1.67. The first-order valence-corrected chi connectivity index (χ1v) is 14.7. The fourth-order valence-corrected chi connectivity index (χ4v) is 4.77. The number of thioether (sulfide) groups is 1. The predicted octanol–water partition coefficient (Wildman–Crippen LogP) is 6.84. The molecule has 3 aromatic carbocycles. The number of Topliss-reactive ketones (excluding diaryl/α,β-unsaturated/α-hetero) is 1. The second-order valence-corrected chi connectivity index (χ2v) is 10.6. The molecule has 1 N–H and O–H groups in total. The number of hydrogen-bond donors (Lipinski definition) is 1. The number of rotatable bonds is 15. The van der Waals surface area contributed by atoms with Gasteiger partial charge in [0, 0.05) is 18.7 Å². The van der Waals surface area contributed by atoms with Crippen LogP contribution in [0, 0.1) is 6.92 Å². The number of amides is 1. The Morgan fingerprint density at radius 3 is 2.39 bits per heavy atom. The van der Waals surface area contributed by atoms with Crippen LogP contribution in [-0.2, 0) is 22.8 Å². The molecule has 0 unspecified atom stereocenters. The molecule has 0 aliphatic heterocycles. The summed E-state index contributed by atoms with van der Waals surface area (Å²) in [6.07, 6.45) is 4.72. The van der Waals surface area contributed by atoms with Crippen LogP contribution in [-0.4, -0.2) is 41.3 Å². The van der Waals surface area contributed by atoms with Crippen molar-refractivity contribution in [1.82, 2.24) is 10.4 Å². The molecule has 0 saturated heterocycles. The molecule has 38 heavy (non-hydrogen) atoms. The first kappa shape index (κ1) is 29.6. The molecular weight excluding hydrogens is 492 g/mol. The van der Waals surface area contributed by atoms with E-state index in [1.54, 1.807) is 11.8 Å². The molecule has 0 heterocycles. The fraction of sp³-hybridized carbons (Fsp3) is 0.375. The number of nitrogens with one attached hydrogen (secondary N) is 1. The first-order chi connectivity index (χ1) is 18.4. The Hall–Kier alpha value is -2.93. The van der Waals surface area contributed by atoms with E-state index in [0.717, 1.165) is 53.0 Å². The van der Waals surface area contributed by atoms with Crippen molar-refractivity contribution in [2.75, 3.05) is 18.6 Å². The Morgan fingerprint density at radius 2 is 1.71 bits per heavy atom. The SMILES string of the molecule is CCCCN(Cc1ccc(C(=O)N[C@@H](CCSC)C(C)=O)c(-c2ccccc2C)c1)OCc1ccccc1. The summed E-state index contributed by atoms with van der Waals surface area (Å²) < 4.78 is 0. The van der Waals surface area contributed by atoms with E-state index in [9.17, 15) is 9.59 Å². The lowest BCUT2D eigenvalue weighted by molar-refractivity contribution is -0.177. The number of ketones is 1. The Kier molecular flexibility index (Phi) is 12.1. The van der Waals surface area contributed by atoms with Crippen molar-refractivity contribution in [2.45, 2.75) is 59.2 Å². The van der Waals surface area contributed by atoms with Crippen molar-refractivity contribution in [3.63, 3.8) is 0 Å². The summed E-state index contributed by atoms with van der Waals surface area (Å²) in [5, 5.41) is 5.00. The summed E-state index contributed by atoms with van der Waals surface area (Å²) in [5.41, 5.74) is 5.73. The molecule has 0 spiro atoms. The van der Waals surface area contributed by atoms with E-state index >= 15 is 0 Å². The number of hydroxylamine groups is 2. The second kappa shape index (κ2) is 15.5. The predicted molar refractivity (Wildman–Crippen MR) is 158 cm³/mol. The summed E-state index contributed by atoms with van der Waals surface area (Å²) in [7, 11) is 0. The number of hydrogen-bond acceptors (Lipinski definition) is 5. The van der Waals surface area contributed by atoms with E-state index < -0.39 is 6.04 Å². The molecule has 0 aliphatic rings. The average molecular weight is 533 g/mol. The number of carbonyl (C=O) groups excluding carboxylic acids is 2. The fourth-order valence-electron chi connectivity index (χ4n) is 4.30. The minimum Gasteiger partial charge on any atom is -0.342 e. The lowest BCUT2D eigenvalue weighted by atomic mass is 9.93. The zero-order chi connectivity index (χ0) is 27.3. The van der Waals surface area contributed by atoms with Gasteiger partial charge in [0.15, 0.2) is 5.78 Å². The van der Waals surface area contributed by atoms with Gasteiger partial charge in [-0.15, -0.1) is 0 Å². The minimum atomic E-state index is -0.490. The molecule has 1 amide bonds. The third-order valence-electron chi connectivity index (χ3n) is 6.55. The van der Waals surface area contributed by atoms with Gasteiger partial charge >= 0.3 is 0 Å². The van der Waals surface area contributed by atoms with Crippen molar-refractivity contribution in [3.8, 4) is 11.1 Å². The van der Waals surface area contributed by atoms with Crippen LogP contribution in [0.25, 0.3) is 11.1 Å². The quantitative estimate of drug-likeness (QED) is 0.217. The van der Waals surface area contributed by atoms with Gasteiger partial charge in [-0.1, -0.05) is 74.0 Å². The standard InChI is InChI=1S/C32H40N2O3S/c1-5-6-19-34(37-23-26-13-8-7-9-14-26)22-27-16-17-29(30(21-27)28-15-11-10-12-24(28)2)32(36)33-31(25(3)35)18-20-38-4/h7-17,21,31H,5-6,18-20,22-23H2,1-4H3,(H,33,36)/t31-/m0/s1. The highest BCUT2D eigenvalue weighted by Crippen LogP contribution is 2.29. The summed E-state index contributed by atoms with van der Waals surface area (Å²) in [6, 6.07) is 23.7. The van der Waals surface area contributed by atoms with Gasteiger partial charge in [-0.25, -0.2) is 0 Å². The van der Waals surface area contributed by atoms with Gasteiger partial charge in [-0.3, -0.25) is 14.4 Å². The molecule has 0 bridgehead atoms. The monoisotopic (exact) mass is 532 g/mol. The molecule has 0 radical (unpaired) electrons. The van der Waals surface area contributed by atoms with Crippen LogP contribution in [0.3, 0.4) is 0 Å². The maximum Gasteiger partial charge on any atom is 0.252 e. The van der Waals surface area contributed by atoms with Gasteiger partial charge in [0.2, 0.25) is 0 Å². The highest BCUT2D eigenvalue weighted by atomic mass is 32.2. The molecule has 202 valence electrons. The Bertz CT molecular complexity index is 1180. The van der Waals surface area contributed by atoms with E-state index in [4.69, 9.17) is 4.84 Å². The maximum absolute atomic E-state index is 13.5. The lowest BCUT2D eigenvalue weighted by Gasteiger charge is -2.23. The van der Waals surface area contributed by atoms with Gasteiger partial charge in [-0.2, -0.15) is 16.8 Å². The van der Waals surface area contributed by atoms with Crippen LogP contribution in [0.4, 0.5) is 0 Å². The molecule has 0 fully saturated rings. The van der Waals surface area contributed by atoms with Crippen LogP contribution in [0.2, 0.25) is 0 Å². The topological polar surface area (TPSA) is 58.6 Å². The molecule has 0 saturated carbocycles. The van der Waals surface area contributed by atoms with Crippen molar-refractivity contribution in [1.29, 1.82) is 0 Å². The summed E-state index contributed by atoms with van der Waals surface area (Å²) in [5.74, 6) is 0.563. The Morgan fingerprint density at radius 1 is 0.974 bits per heavy atom. The van der Waals surface area contributed by atoms with Gasteiger partial charge < -0.3 is 5.32 Å². The summed E-state index contributed by atoms with van der Waals surface area (Å²) in [4.78, 5) is 31.9. The molecule has 6 heteroatoms.